The molecule has 5 heteroatoms. The molecule has 1 amide bonds. The molecule has 2 aromatic carbocycles. The molecule has 0 aliphatic heterocycles. The largest absolute Gasteiger partial charge is 0.326 e. The third kappa shape index (κ3) is 4.04. The summed E-state index contributed by atoms with van der Waals surface area (Å²) in [7, 11) is 0. The number of benzene rings is 2. The molecule has 1 unspecified atom stereocenters. The third-order valence-corrected chi connectivity index (χ3v) is 6.37. The van der Waals surface area contributed by atoms with E-state index in [0.29, 0.717) is 17.5 Å². The van der Waals surface area contributed by atoms with Crippen LogP contribution >= 0.6 is 0 Å². The molecule has 152 valence electrons. The van der Waals surface area contributed by atoms with Crippen molar-refractivity contribution in [2.75, 3.05) is 5.32 Å². The Morgan fingerprint density at radius 1 is 1.17 bits per heavy atom. The number of carbonyl (C=O) groups is 1. The van der Waals surface area contributed by atoms with Gasteiger partial charge in [-0.3, -0.25) is 9.78 Å². The van der Waals surface area contributed by atoms with Crippen molar-refractivity contribution in [3.8, 4) is 6.07 Å². The lowest BCUT2D eigenvalue weighted by Gasteiger charge is -2.32. The predicted molar refractivity (Wildman–Crippen MR) is 115 cm³/mol. The number of anilines is 1. The van der Waals surface area contributed by atoms with Crippen molar-refractivity contribution in [1.82, 2.24) is 4.98 Å². The van der Waals surface area contributed by atoms with Gasteiger partial charge in [0.15, 0.2) is 0 Å². The summed E-state index contributed by atoms with van der Waals surface area (Å²) in [6.45, 7) is 1.95. The number of rotatable bonds is 4. The number of aromatic nitrogens is 1. The summed E-state index contributed by atoms with van der Waals surface area (Å²) in [6.07, 6.45) is 5.94. The van der Waals surface area contributed by atoms with E-state index >= 15 is 0 Å². The highest BCUT2D eigenvalue weighted by molar-refractivity contribution is 5.92. The lowest BCUT2D eigenvalue weighted by Crippen LogP contribution is -2.29. The van der Waals surface area contributed by atoms with Gasteiger partial charge in [-0.05, 0) is 73.4 Å². The van der Waals surface area contributed by atoms with Gasteiger partial charge in [-0.2, -0.15) is 5.26 Å². The Hall–Kier alpha value is -3.26. The molecule has 4 rings (SSSR count). The lowest BCUT2D eigenvalue weighted by atomic mass is 9.73. The lowest BCUT2D eigenvalue weighted by molar-refractivity contribution is -0.121. The summed E-state index contributed by atoms with van der Waals surface area (Å²) < 4.78 is 13.8. The van der Waals surface area contributed by atoms with Gasteiger partial charge >= 0.3 is 0 Å². The van der Waals surface area contributed by atoms with Gasteiger partial charge < -0.3 is 5.32 Å². The number of pyridine rings is 1. The molecule has 1 heterocycles. The van der Waals surface area contributed by atoms with Crippen molar-refractivity contribution < 1.29 is 9.18 Å². The fraction of sp³-hybridized carbons (Fsp3) is 0.320. The second kappa shape index (κ2) is 8.62. The maximum atomic E-state index is 13.8. The van der Waals surface area contributed by atoms with Crippen LogP contribution in [0.15, 0.2) is 54.7 Å². The molecule has 1 aromatic heterocycles. The highest BCUT2D eigenvalue weighted by Crippen LogP contribution is 2.40. The molecule has 0 spiro atoms. The van der Waals surface area contributed by atoms with Crippen LogP contribution in [0.25, 0.3) is 10.9 Å². The van der Waals surface area contributed by atoms with E-state index in [2.05, 4.69) is 28.5 Å². The molecule has 30 heavy (non-hydrogen) atoms. The number of nitriles is 1. The number of carbonyl (C=O) groups excluding carboxylic acids is 1. The Balaban J connectivity index is 1.39. The molecule has 1 saturated carbocycles. The molecule has 0 bridgehead atoms. The zero-order valence-electron chi connectivity index (χ0n) is 16.9. The van der Waals surface area contributed by atoms with Crippen LogP contribution in [-0.4, -0.2) is 10.9 Å². The highest BCUT2D eigenvalue weighted by Gasteiger charge is 2.30. The Morgan fingerprint density at radius 2 is 1.93 bits per heavy atom. The van der Waals surface area contributed by atoms with Gasteiger partial charge in [0.05, 0.1) is 11.1 Å². The number of nitrogens with zero attached hydrogens (tertiary/aromatic N) is 2. The van der Waals surface area contributed by atoms with Crippen LogP contribution in [0.5, 0.6) is 0 Å². The van der Waals surface area contributed by atoms with Crippen LogP contribution < -0.4 is 5.32 Å². The van der Waals surface area contributed by atoms with Crippen LogP contribution in [0.1, 0.15) is 49.7 Å². The summed E-state index contributed by atoms with van der Waals surface area (Å²) in [5.74, 6) is -0.0848. The van der Waals surface area contributed by atoms with E-state index in [-0.39, 0.29) is 17.4 Å². The maximum Gasteiger partial charge on any atom is 0.227 e. The van der Waals surface area contributed by atoms with Crippen molar-refractivity contribution in [1.29, 1.82) is 5.26 Å². The van der Waals surface area contributed by atoms with Gasteiger partial charge in [0.2, 0.25) is 5.91 Å². The number of amides is 1. The van der Waals surface area contributed by atoms with Crippen LogP contribution in [-0.2, 0) is 4.79 Å². The second-order valence-electron chi connectivity index (χ2n) is 8.11. The number of hydrogen-bond donors (Lipinski definition) is 1. The van der Waals surface area contributed by atoms with Gasteiger partial charge in [0.1, 0.15) is 11.9 Å². The van der Waals surface area contributed by atoms with E-state index in [1.165, 1.54) is 23.1 Å². The Labute approximate surface area is 175 Å². The van der Waals surface area contributed by atoms with Crippen molar-refractivity contribution >= 4 is 22.5 Å². The SMILES string of the molecule is CC(C(=O)Nc1ccc(C#N)c(F)c1)C1CCC(c2ccnc3ccccc23)CC1. The molecule has 1 atom stereocenters. The number of halogens is 1. The first kappa shape index (κ1) is 20.0. The molecular weight excluding hydrogens is 377 g/mol. The molecular formula is C25H24FN3O. The number of hydrogen-bond acceptors (Lipinski definition) is 3. The number of para-hydroxylation sites is 1. The smallest absolute Gasteiger partial charge is 0.227 e. The second-order valence-corrected chi connectivity index (χ2v) is 8.11. The minimum atomic E-state index is -0.618. The molecule has 1 aliphatic carbocycles. The summed E-state index contributed by atoms with van der Waals surface area (Å²) >= 11 is 0. The molecule has 3 aromatic rings. The molecule has 0 radical (unpaired) electrons. The first-order chi connectivity index (χ1) is 14.6. The fourth-order valence-electron chi connectivity index (χ4n) is 4.56. The fourth-order valence-corrected chi connectivity index (χ4v) is 4.56. The van der Waals surface area contributed by atoms with Gasteiger partial charge in [0, 0.05) is 23.2 Å². The normalized spacial score (nSPS) is 19.8. The predicted octanol–water partition coefficient (Wildman–Crippen LogP) is 5.79. The van der Waals surface area contributed by atoms with Crippen LogP contribution in [0.2, 0.25) is 0 Å². The molecule has 1 N–H and O–H groups in total. The number of nitrogens with one attached hydrogen (secondary N) is 1. The van der Waals surface area contributed by atoms with E-state index in [9.17, 15) is 9.18 Å². The van der Waals surface area contributed by atoms with E-state index in [0.717, 1.165) is 31.2 Å². The summed E-state index contributed by atoms with van der Waals surface area (Å²) in [6, 6.07) is 16.3. The minimum absolute atomic E-state index is 0.0250. The van der Waals surface area contributed by atoms with E-state index in [4.69, 9.17) is 5.26 Å². The topological polar surface area (TPSA) is 65.8 Å². The average molecular weight is 401 g/mol. The zero-order valence-corrected chi connectivity index (χ0v) is 16.9. The maximum absolute atomic E-state index is 13.8. The summed E-state index contributed by atoms with van der Waals surface area (Å²) in [5.41, 5.74) is 2.74. The monoisotopic (exact) mass is 401 g/mol. The van der Waals surface area contributed by atoms with Gasteiger partial charge in [0.25, 0.3) is 0 Å². The van der Waals surface area contributed by atoms with Crippen molar-refractivity contribution in [2.24, 2.45) is 11.8 Å². The van der Waals surface area contributed by atoms with Crippen LogP contribution in [0.3, 0.4) is 0 Å². The Kier molecular flexibility index (Phi) is 5.76. The Morgan fingerprint density at radius 3 is 2.67 bits per heavy atom. The van der Waals surface area contributed by atoms with Crippen molar-refractivity contribution in [2.45, 2.75) is 38.5 Å². The van der Waals surface area contributed by atoms with Gasteiger partial charge in [-0.1, -0.05) is 25.1 Å². The number of fused-ring (bicyclic) bond motifs is 1. The highest BCUT2D eigenvalue weighted by atomic mass is 19.1. The summed E-state index contributed by atoms with van der Waals surface area (Å²) in [4.78, 5) is 17.2. The van der Waals surface area contributed by atoms with Crippen LogP contribution in [0.4, 0.5) is 10.1 Å². The average Bonchev–Trinajstić information content (AvgIpc) is 2.78. The molecule has 1 aliphatic rings. The van der Waals surface area contributed by atoms with Gasteiger partial charge in [-0.25, -0.2) is 4.39 Å². The van der Waals surface area contributed by atoms with Crippen LogP contribution in [0, 0.1) is 29.0 Å². The van der Waals surface area contributed by atoms with E-state index in [1.807, 2.05) is 25.3 Å². The molecule has 1 fully saturated rings. The molecule has 4 nitrogen and oxygen atoms in total. The van der Waals surface area contributed by atoms with E-state index in [1.54, 1.807) is 12.1 Å². The summed E-state index contributed by atoms with van der Waals surface area (Å²) in [5, 5.41) is 12.9. The van der Waals surface area contributed by atoms with Crippen molar-refractivity contribution in [3.05, 3.63) is 71.7 Å². The first-order valence-corrected chi connectivity index (χ1v) is 10.4. The van der Waals surface area contributed by atoms with Crippen molar-refractivity contribution in [3.63, 3.8) is 0 Å². The minimum Gasteiger partial charge on any atom is -0.326 e. The van der Waals surface area contributed by atoms with E-state index < -0.39 is 5.82 Å². The molecule has 0 saturated heterocycles. The standard InChI is InChI=1S/C25H24FN3O/c1-16(25(30)29-20-11-10-19(15-27)23(26)14-20)17-6-8-18(9-7-17)21-12-13-28-24-5-3-2-4-22(21)24/h2-5,10-14,16-18H,6-9H2,1H3,(H,29,30). The Bertz CT molecular complexity index is 1110. The first-order valence-electron chi connectivity index (χ1n) is 10.4. The zero-order chi connectivity index (χ0) is 21.1. The van der Waals surface area contributed by atoms with Gasteiger partial charge in [-0.15, -0.1) is 0 Å². The third-order valence-electron chi connectivity index (χ3n) is 6.37. The quantitative estimate of drug-likeness (QED) is 0.601.